The van der Waals surface area contributed by atoms with Crippen LogP contribution in [0.3, 0.4) is 0 Å². The Kier molecular flexibility index (Phi) is 4.08. The van der Waals surface area contributed by atoms with Gasteiger partial charge in [-0.3, -0.25) is 0 Å². The average molecular weight is 330 g/mol. The van der Waals surface area contributed by atoms with Crippen molar-refractivity contribution in [3.05, 3.63) is 42.0 Å². The van der Waals surface area contributed by atoms with Crippen molar-refractivity contribution in [2.45, 2.75) is 37.1 Å². The van der Waals surface area contributed by atoms with E-state index < -0.39 is 0 Å². The van der Waals surface area contributed by atoms with E-state index in [9.17, 15) is 0 Å². The Morgan fingerprint density at radius 3 is 2.57 bits per heavy atom. The molecule has 2 heterocycles. The fraction of sp³-hybridized carbons (Fsp3) is 0.333. The largest absolute Gasteiger partial charge is 0.338 e. The van der Waals surface area contributed by atoms with Crippen LogP contribution in [0.4, 0.5) is 0 Å². The van der Waals surface area contributed by atoms with E-state index in [4.69, 9.17) is 10.4 Å². The van der Waals surface area contributed by atoms with Crippen LogP contribution in [0.25, 0.3) is 11.4 Å². The van der Waals surface area contributed by atoms with E-state index in [-0.39, 0.29) is 5.41 Å². The molecule has 0 fully saturated rings. The molecule has 0 saturated heterocycles. The van der Waals surface area contributed by atoms with Gasteiger partial charge in [-0.2, -0.15) is 4.98 Å². The van der Waals surface area contributed by atoms with Gasteiger partial charge in [-0.25, -0.2) is 4.68 Å². The molecule has 8 heteroatoms. The van der Waals surface area contributed by atoms with E-state index in [1.807, 2.05) is 51.1 Å². The molecule has 0 atom stereocenters. The minimum Gasteiger partial charge on any atom is -0.338 e. The highest BCUT2D eigenvalue weighted by Gasteiger charge is 2.23. The summed E-state index contributed by atoms with van der Waals surface area (Å²) in [6.07, 6.45) is 0. The molecular formula is C15H18N6OS. The molecule has 0 bridgehead atoms. The second-order valence-corrected chi connectivity index (χ2v) is 7.04. The molecule has 0 aliphatic rings. The van der Waals surface area contributed by atoms with Gasteiger partial charge in [0.05, 0.1) is 5.75 Å². The molecular weight excluding hydrogens is 312 g/mol. The number of benzene rings is 1. The molecule has 2 N–H and O–H groups in total. The predicted octanol–water partition coefficient (Wildman–Crippen LogP) is 2.63. The number of hydrogen-bond donors (Lipinski definition) is 1. The molecule has 0 radical (unpaired) electrons. The van der Waals surface area contributed by atoms with E-state index in [2.05, 4.69) is 20.3 Å². The molecule has 0 aliphatic heterocycles. The molecule has 23 heavy (non-hydrogen) atoms. The van der Waals surface area contributed by atoms with Crippen molar-refractivity contribution in [2.24, 2.45) is 0 Å². The van der Waals surface area contributed by atoms with Gasteiger partial charge >= 0.3 is 0 Å². The Morgan fingerprint density at radius 2 is 1.91 bits per heavy atom. The summed E-state index contributed by atoms with van der Waals surface area (Å²) in [5, 5.41) is 12.9. The highest BCUT2D eigenvalue weighted by atomic mass is 32.2. The van der Waals surface area contributed by atoms with Crippen LogP contribution in [0, 0.1) is 0 Å². The summed E-state index contributed by atoms with van der Waals surface area (Å²) in [4.78, 5) is 4.38. The predicted molar refractivity (Wildman–Crippen MR) is 88.2 cm³/mol. The van der Waals surface area contributed by atoms with Gasteiger partial charge in [0.15, 0.2) is 5.82 Å². The van der Waals surface area contributed by atoms with E-state index in [1.165, 1.54) is 16.4 Å². The summed E-state index contributed by atoms with van der Waals surface area (Å²) in [6, 6.07) is 9.69. The van der Waals surface area contributed by atoms with Gasteiger partial charge in [-0.15, -0.1) is 10.2 Å². The third-order valence-corrected chi connectivity index (χ3v) is 4.09. The molecule has 3 rings (SSSR count). The third kappa shape index (κ3) is 3.37. The van der Waals surface area contributed by atoms with E-state index in [0.717, 1.165) is 11.4 Å². The Morgan fingerprint density at radius 1 is 1.17 bits per heavy atom. The number of aromatic nitrogens is 5. The second kappa shape index (κ2) is 6.04. The van der Waals surface area contributed by atoms with Crippen molar-refractivity contribution in [1.82, 2.24) is 25.0 Å². The number of rotatable bonds is 4. The monoisotopic (exact) mass is 330 g/mol. The van der Waals surface area contributed by atoms with E-state index in [1.54, 1.807) is 0 Å². The first-order valence-corrected chi connectivity index (χ1v) is 8.15. The van der Waals surface area contributed by atoms with Gasteiger partial charge in [0.25, 0.3) is 0 Å². The van der Waals surface area contributed by atoms with Crippen LogP contribution in [0.15, 0.2) is 40.0 Å². The average Bonchev–Trinajstić information content (AvgIpc) is 3.12. The maximum Gasteiger partial charge on any atom is 0.237 e. The van der Waals surface area contributed by atoms with Crippen LogP contribution < -0.4 is 5.84 Å². The fourth-order valence-corrected chi connectivity index (χ4v) is 2.73. The Balaban J connectivity index is 1.70. The maximum absolute atomic E-state index is 6.05. The van der Waals surface area contributed by atoms with E-state index >= 15 is 0 Å². The first kappa shape index (κ1) is 15.5. The van der Waals surface area contributed by atoms with Gasteiger partial charge in [0, 0.05) is 11.0 Å². The Bertz CT molecular complexity index is 790. The second-order valence-electron chi connectivity index (χ2n) is 6.09. The van der Waals surface area contributed by atoms with Gasteiger partial charge < -0.3 is 10.4 Å². The van der Waals surface area contributed by atoms with Gasteiger partial charge in [-0.05, 0) is 0 Å². The van der Waals surface area contributed by atoms with Crippen molar-refractivity contribution in [3.63, 3.8) is 0 Å². The van der Waals surface area contributed by atoms with Crippen LogP contribution >= 0.6 is 11.8 Å². The summed E-state index contributed by atoms with van der Waals surface area (Å²) in [5.74, 6) is 8.37. The molecule has 1 aromatic carbocycles. The quantitative estimate of drug-likeness (QED) is 0.580. The van der Waals surface area contributed by atoms with Gasteiger partial charge in [-0.1, -0.05) is 68.0 Å². The molecule has 0 amide bonds. The number of nitrogens with two attached hydrogens (primary N) is 1. The molecule has 0 aliphatic carbocycles. The highest BCUT2D eigenvalue weighted by molar-refractivity contribution is 7.98. The molecule has 7 nitrogen and oxygen atoms in total. The van der Waals surface area contributed by atoms with Crippen LogP contribution in [-0.4, -0.2) is 25.0 Å². The van der Waals surface area contributed by atoms with Crippen LogP contribution in [0.5, 0.6) is 0 Å². The molecule has 0 unspecified atom stereocenters. The number of hydrogen-bond acceptors (Lipinski definition) is 7. The Hall–Kier alpha value is -2.35. The van der Waals surface area contributed by atoms with Crippen molar-refractivity contribution >= 4 is 11.8 Å². The van der Waals surface area contributed by atoms with Crippen LogP contribution in [-0.2, 0) is 11.2 Å². The topological polar surface area (TPSA) is 95.6 Å². The van der Waals surface area contributed by atoms with Crippen LogP contribution in [0.2, 0.25) is 0 Å². The number of thioether (sulfide) groups is 1. The first-order chi connectivity index (χ1) is 10.9. The smallest absolute Gasteiger partial charge is 0.237 e. The summed E-state index contributed by atoms with van der Waals surface area (Å²) in [6.45, 7) is 6.12. The lowest BCUT2D eigenvalue weighted by Gasteiger charge is -2.16. The minimum atomic E-state index is -0.161. The standard InChI is InChI=1S/C15H18N6OS/c1-15(2,3)13-18-19-14(21(13)16)23-9-11-17-12(20-22-11)10-7-5-4-6-8-10/h4-8H,9,16H2,1-3H3. The van der Waals surface area contributed by atoms with Crippen molar-refractivity contribution in [1.29, 1.82) is 0 Å². The lowest BCUT2D eigenvalue weighted by atomic mass is 9.96. The summed E-state index contributed by atoms with van der Waals surface area (Å²) in [7, 11) is 0. The zero-order chi connectivity index (χ0) is 16.4. The highest BCUT2D eigenvalue weighted by Crippen LogP contribution is 2.25. The summed E-state index contributed by atoms with van der Waals surface area (Å²) in [5.41, 5.74) is 0.760. The molecule has 120 valence electrons. The minimum absolute atomic E-state index is 0.161. The summed E-state index contributed by atoms with van der Waals surface area (Å²) < 4.78 is 6.79. The van der Waals surface area contributed by atoms with Crippen LogP contribution in [0.1, 0.15) is 32.5 Å². The van der Waals surface area contributed by atoms with Gasteiger partial charge in [0.2, 0.25) is 16.9 Å². The Labute approximate surface area is 138 Å². The lowest BCUT2D eigenvalue weighted by Crippen LogP contribution is -2.24. The SMILES string of the molecule is CC(C)(C)c1nnc(SCc2nc(-c3ccccc3)no2)n1N. The maximum atomic E-state index is 6.05. The normalized spacial score (nSPS) is 11.8. The van der Waals surface area contributed by atoms with Crippen molar-refractivity contribution < 1.29 is 4.52 Å². The fourth-order valence-electron chi connectivity index (χ4n) is 2.03. The van der Waals surface area contributed by atoms with E-state index in [0.29, 0.717) is 22.6 Å². The molecule has 3 aromatic rings. The zero-order valence-corrected chi connectivity index (χ0v) is 14.0. The van der Waals surface area contributed by atoms with Gasteiger partial charge in [0.1, 0.15) is 0 Å². The zero-order valence-electron chi connectivity index (χ0n) is 13.2. The van der Waals surface area contributed by atoms with Crippen molar-refractivity contribution in [3.8, 4) is 11.4 Å². The summed E-state index contributed by atoms with van der Waals surface area (Å²) >= 11 is 1.41. The first-order valence-electron chi connectivity index (χ1n) is 7.17. The molecule has 0 saturated carbocycles. The number of nitrogen functional groups attached to an aromatic ring is 1. The lowest BCUT2D eigenvalue weighted by molar-refractivity contribution is 0.391. The molecule has 2 aromatic heterocycles. The molecule has 0 spiro atoms. The third-order valence-electron chi connectivity index (χ3n) is 3.16. The van der Waals surface area contributed by atoms with Crippen molar-refractivity contribution in [2.75, 3.05) is 5.84 Å². The number of nitrogens with zero attached hydrogens (tertiary/aromatic N) is 5.